The lowest BCUT2D eigenvalue weighted by Gasteiger charge is -2.09. The first-order chi connectivity index (χ1) is 10.2. The van der Waals surface area contributed by atoms with E-state index in [4.69, 9.17) is 11.0 Å². The minimum atomic E-state index is -0.0709. The number of aryl methyl sites for hydroxylation is 2. The molecule has 0 spiro atoms. The first kappa shape index (κ1) is 13.0. The van der Waals surface area contributed by atoms with E-state index in [1.165, 1.54) is 6.07 Å². The van der Waals surface area contributed by atoms with Gasteiger partial charge in [0, 0.05) is 42.8 Å². The molecule has 21 heavy (non-hydrogen) atoms. The molecule has 0 aliphatic carbocycles. The van der Waals surface area contributed by atoms with Crippen LogP contribution < -0.4 is 11.3 Å². The minimum absolute atomic E-state index is 0.0709. The van der Waals surface area contributed by atoms with Crippen molar-refractivity contribution in [1.82, 2.24) is 9.13 Å². The fourth-order valence-corrected chi connectivity index (χ4v) is 2.39. The third kappa shape index (κ3) is 2.51. The number of hydrogen-bond acceptors (Lipinski definition) is 3. The van der Waals surface area contributed by atoms with Gasteiger partial charge in [-0.05, 0) is 29.7 Å². The van der Waals surface area contributed by atoms with E-state index >= 15 is 0 Å². The summed E-state index contributed by atoms with van der Waals surface area (Å²) in [5.74, 6) is 0. The van der Waals surface area contributed by atoms with Gasteiger partial charge in [0.15, 0.2) is 0 Å². The molecule has 0 fully saturated rings. The smallest absolute Gasteiger partial charge is 0.250 e. The molecule has 0 saturated heterocycles. The van der Waals surface area contributed by atoms with Crippen molar-refractivity contribution in [2.45, 2.75) is 13.1 Å². The number of anilines is 1. The molecule has 104 valence electrons. The van der Waals surface area contributed by atoms with E-state index in [9.17, 15) is 4.79 Å². The van der Waals surface area contributed by atoms with Crippen molar-refractivity contribution < 1.29 is 0 Å². The highest BCUT2D eigenvalue weighted by atomic mass is 16.1. The number of aromatic nitrogens is 2. The number of fused-ring (bicyclic) bond motifs is 1. The number of benzene rings is 1. The first-order valence-corrected chi connectivity index (χ1v) is 6.62. The van der Waals surface area contributed by atoms with Crippen molar-refractivity contribution in [1.29, 1.82) is 5.26 Å². The summed E-state index contributed by atoms with van der Waals surface area (Å²) in [7, 11) is 0. The zero-order valence-corrected chi connectivity index (χ0v) is 11.4. The highest BCUT2D eigenvalue weighted by Crippen LogP contribution is 2.17. The number of pyridine rings is 1. The summed E-state index contributed by atoms with van der Waals surface area (Å²) < 4.78 is 3.63. The second kappa shape index (κ2) is 5.17. The Morgan fingerprint density at radius 1 is 1.10 bits per heavy atom. The summed E-state index contributed by atoms with van der Waals surface area (Å²) in [6.07, 6.45) is 3.61. The van der Waals surface area contributed by atoms with Crippen LogP contribution in [-0.4, -0.2) is 9.13 Å². The second-order valence-corrected chi connectivity index (χ2v) is 4.89. The van der Waals surface area contributed by atoms with Crippen molar-refractivity contribution >= 4 is 16.6 Å². The summed E-state index contributed by atoms with van der Waals surface area (Å²) >= 11 is 0. The average Bonchev–Trinajstić information content (AvgIpc) is 2.90. The maximum absolute atomic E-state index is 11.8. The van der Waals surface area contributed by atoms with Crippen LogP contribution in [0.3, 0.4) is 0 Å². The Morgan fingerprint density at radius 2 is 1.90 bits per heavy atom. The molecule has 1 aromatic carbocycles. The molecule has 5 heteroatoms. The molecule has 3 rings (SSSR count). The molecule has 0 amide bonds. The summed E-state index contributed by atoms with van der Waals surface area (Å²) in [5, 5.41) is 10.1. The number of nitrogens with zero attached hydrogens (tertiary/aromatic N) is 3. The van der Waals surface area contributed by atoms with E-state index in [0.717, 1.165) is 10.9 Å². The van der Waals surface area contributed by atoms with Gasteiger partial charge >= 0.3 is 0 Å². The number of rotatable bonds is 3. The molecule has 0 aliphatic rings. The lowest BCUT2D eigenvalue weighted by molar-refractivity contribution is 0.578. The molecule has 0 atom stereocenters. The lowest BCUT2D eigenvalue weighted by Crippen LogP contribution is -2.21. The van der Waals surface area contributed by atoms with E-state index in [0.29, 0.717) is 24.3 Å². The van der Waals surface area contributed by atoms with Gasteiger partial charge < -0.3 is 14.9 Å². The Morgan fingerprint density at radius 3 is 2.71 bits per heavy atom. The van der Waals surface area contributed by atoms with Crippen LogP contribution in [0.2, 0.25) is 0 Å². The number of nitriles is 1. The van der Waals surface area contributed by atoms with Crippen molar-refractivity contribution in [3.05, 3.63) is 64.7 Å². The van der Waals surface area contributed by atoms with Crippen LogP contribution >= 0.6 is 0 Å². The Balaban J connectivity index is 1.90. The van der Waals surface area contributed by atoms with Gasteiger partial charge in [-0.3, -0.25) is 4.79 Å². The molecule has 0 aliphatic heterocycles. The highest BCUT2D eigenvalue weighted by molar-refractivity contribution is 5.81. The summed E-state index contributed by atoms with van der Waals surface area (Å²) in [6, 6.07) is 12.8. The molecule has 0 bridgehead atoms. The third-order valence-corrected chi connectivity index (χ3v) is 3.49. The van der Waals surface area contributed by atoms with Crippen LogP contribution in [0.5, 0.6) is 0 Å². The van der Waals surface area contributed by atoms with E-state index in [1.54, 1.807) is 22.9 Å². The normalized spacial score (nSPS) is 10.6. The van der Waals surface area contributed by atoms with Crippen molar-refractivity contribution in [3.8, 4) is 6.07 Å². The van der Waals surface area contributed by atoms with Crippen LogP contribution in [0.4, 0.5) is 5.69 Å². The topological polar surface area (TPSA) is 76.7 Å². The second-order valence-electron chi connectivity index (χ2n) is 4.89. The largest absolute Gasteiger partial charge is 0.398 e. The summed E-state index contributed by atoms with van der Waals surface area (Å²) in [4.78, 5) is 11.8. The molecule has 0 radical (unpaired) electrons. The van der Waals surface area contributed by atoms with E-state index in [1.807, 2.05) is 29.0 Å². The fourth-order valence-electron chi connectivity index (χ4n) is 2.39. The lowest BCUT2D eigenvalue weighted by atomic mass is 10.2. The van der Waals surface area contributed by atoms with Crippen molar-refractivity contribution in [3.63, 3.8) is 0 Å². The number of nitrogen functional groups attached to an aromatic ring is 1. The monoisotopic (exact) mass is 278 g/mol. The molecule has 3 aromatic rings. The summed E-state index contributed by atoms with van der Waals surface area (Å²) in [5.41, 5.74) is 7.82. The Bertz CT molecular complexity index is 899. The van der Waals surface area contributed by atoms with Gasteiger partial charge in [-0.1, -0.05) is 6.07 Å². The van der Waals surface area contributed by atoms with Crippen LogP contribution in [0.25, 0.3) is 10.9 Å². The van der Waals surface area contributed by atoms with Crippen LogP contribution in [0, 0.1) is 11.3 Å². The highest BCUT2D eigenvalue weighted by Gasteiger charge is 2.03. The molecular formula is C16H14N4O. The van der Waals surface area contributed by atoms with Gasteiger partial charge in [-0.25, -0.2) is 0 Å². The maximum Gasteiger partial charge on any atom is 0.250 e. The standard InChI is InChI=1S/C16H14N4O/c17-10-12-1-2-13-5-6-19(15(13)9-12)7-8-20-11-14(18)3-4-16(20)21/h1-6,9,11H,7-8,18H2. The van der Waals surface area contributed by atoms with Gasteiger partial charge in [0.25, 0.3) is 5.56 Å². The van der Waals surface area contributed by atoms with Gasteiger partial charge in [-0.15, -0.1) is 0 Å². The zero-order chi connectivity index (χ0) is 14.8. The zero-order valence-electron chi connectivity index (χ0n) is 11.4. The number of hydrogen-bond donors (Lipinski definition) is 1. The summed E-state index contributed by atoms with van der Waals surface area (Å²) in [6.45, 7) is 1.17. The Kier molecular flexibility index (Phi) is 3.20. The van der Waals surface area contributed by atoms with Gasteiger partial charge in [-0.2, -0.15) is 5.26 Å². The van der Waals surface area contributed by atoms with E-state index < -0.39 is 0 Å². The molecule has 0 unspecified atom stereocenters. The molecular weight excluding hydrogens is 264 g/mol. The Labute approximate surface area is 121 Å². The SMILES string of the molecule is N#Cc1ccc2ccn(CCn3cc(N)ccc3=O)c2c1. The predicted octanol–water partition coefficient (Wildman–Crippen LogP) is 1.96. The van der Waals surface area contributed by atoms with Crippen molar-refractivity contribution in [2.24, 2.45) is 0 Å². The number of nitrogens with two attached hydrogens (primary N) is 1. The van der Waals surface area contributed by atoms with Crippen molar-refractivity contribution in [2.75, 3.05) is 5.73 Å². The molecule has 0 saturated carbocycles. The van der Waals surface area contributed by atoms with Crippen LogP contribution in [-0.2, 0) is 13.1 Å². The maximum atomic E-state index is 11.8. The molecule has 2 heterocycles. The first-order valence-electron chi connectivity index (χ1n) is 6.62. The quantitative estimate of drug-likeness (QED) is 0.795. The third-order valence-electron chi connectivity index (χ3n) is 3.49. The minimum Gasteiger partial charge on any atom is -0.398 e. The van der Waals surface area contributed by atoms with Gasteiger partial charge in [0.05, 0.1) is 11.6 Å². The fraction of sp³-hybridized carbons (Fsp3) is 0.125. The van der Waals surface area contributed by atoms with E-state index in [2.05, 4.69) is 6.07 Å². The average molecular weight is 278 g/mol. The van der Waals surface area contributed by atoms with Crippen LogP contribution in [0.1, 0.15) is 5.56 Å². The molecule has 5 nitrogen and oxygen atoms in total. The van der Waals surface area contributed by atoms with Gasteiger partial charge in [0.2, 0.25) is 0 Å². The van der Waals surface area contributed by atoms with E-state index in [-0.39, 0.29) is 5.56 Å². The van der Waals surface area contributed by atoms with Crippen LogP contribution in [0.15, 0.2) is 53.6 Å². The Hall–Kier alpha value is -3.00. The molecule has 2 N–H and O–H groups in total. The predicted molar refractivity (Wildman–Crippen MR) is 81.8 cm³/mol. The molecule has 2 aromatic heterocycles. The van der Waals surface area contributed by atoms with Gasteiger partial charge in [0.1, 0.15) is 0 Å².